The van der Waals surface area contributed by atoms with Gasteiger partial charge in [0.2, 0.25) is 0 Å². The smallest absolute Gasteiger partial charge is 0.147 e. The normalized spacial score (nSPS) is 22.5. The van der Waals surface area contributed by atoms with E-state index >= 15 is 0 Å². The van der Waals surface area contributed by atoms with E-state index in [4.69, 9.17) is 4.74 Å². The van der Waals surface area contributed by atoms with Crippen molar-refractivity contribution in [2.75, 3.05) is 13.2 Å². The average molecular weight is 356 g/mol. The summed E-state index contributed by atoms with van der Waals surface area (Å²) in [6.07, 6.45) is 6.73. The summed E-state index contributed by atoms with van der Waals surface area (Å²) in [6.45, 7) is 2.12. The molecule has 1 N–H and O–H groups in total. The van der Waals surface area contributed by atoms with Gasteiger partial charge in [-0.25, -0.2) is 4.39 Å². The van der Waals surface area contributed by atoms with Crippen LogP contribution in [-0.4, -0.2) is 28.0 Å². The summed E-state index contributed by atoms with van der Waals surface area (Å²) in [5.74, 6) is 2.65. The Morgan fingerprint density at radius 3 is 2.46 bits per heavy atom. The minimum Gasteiger partial charge on any atom is -0.381 e. The van der Waals surface area contributed by atoms with Gasteiger partial charge in [-0.1, -0.05) is 12.1 Å². The number of halogens is 1. The van der Waals surface area contributed by atoms with E-state index in [2.05, 4.69) is 20.1 Å². The van der Waals surface area contributed by atoms with Crippen LogP contribution in [0.15, 0.2) is 24.3 Å². The first-order valence-corrected chi connectivity index (χ1v) is 9.78. The molecule has 1 saturated heterocycles. The van der Waals surface area contributed by atoms with Gasteiger partial charge in [0.1, 0.15) is 17.5 Å². The molecule has 3 fully saturated rings. The summed E-state index contributed by atoms with van der Waals surface area (Å²) in [5, 5.41) is 12.8. The van der Waals surface area contributed by atoms with Gasteiger partial charge in [0.05, 0.1) is 6.54 Å². The molecule has 5 nitrogen and oxygen atoms in total. The van der Waals surface area contributed by atoms with Gasteiger partial charge in [-0.2, -0.15) is 0 Å². The third-order valence-electron chi connectivity index (χ3n) is 5.98. The summed E-state index contributed by atoms with van der Waals surface area (Å²) < 4.78 is 21.4. The zero-order valence-corrected chi connectivity index (χ0v) is 15.0. The van der Waals surface area contributed by atoms with Crippen molar-refractivity contribution in [3.05, 3.63) is 47.3 Å². The standard InChI is InChI=1S/C20H25FN4O/c21-16-5-3-15(4-6-16)20(9-11-26-12-10-20)22-13-18-23-24-19(14-1-2-14)25(18)17-7-8-17/h3-6,14,17,22H,1-2,7-13H2. The highest BCUT2D eigenvalue weighted by molar-refractivity contribution is 5.26. The van der Waals surface area contributed by atoms with Crippen LogP contribution < -0.4 is 5.32 Å². The van der Waals surface area contributed by atoms with Crippen LogP contribution in [0.3, 0.4) is 0 Å². The molecule has 0 atom stereocenters. The van der Waals surface area contributed by atoms with Crippen molar-refractivity contribution >= 4 is 0 Å². The lowest BCUT2D eigenvalue weighted by atomic mass is 9.82. The van der Waals surface area contributed by atoms with E-state index in [-0.39, 0.29) is 11.4 Å². The van der Waals surface area contributed by atoms with Gasteiger partial charge in [-0.15, -0.1) is 10.2 Å². The van der Waals surface area contributed by atoms with Gasteiger partial charge in [-0.05, 0) is 56.2 Å². The van der Waals surface area contributed by atoms with Gasteiger partial charge in [0.15, 0.2) is 0 Å². The SMILES string of the molecule is Fc1ccc(C2(NCc3nnc(C4CC4)n3C3CC3)CCOCC2)cc1. The number of rotatable bonds is 6. The van der Waals surface area contributed by atoms with E-state index in [0.29, 0.717) is 31.7 Å². The first-order chi connectivity index (χ1) is 12.8. The van der Waals surface area contributed by atoms with E-state index in [0.717, 1.165) is 24.2 Å². The predicted octanol–water partition coefficient (Wildman–Crippen LogP) is 3.43. The lowest BCUT2D eigenvalue weighted by molar-refractivity contribution is 0.0353. The molecule has 0 unspecified atom stereocenters. The quantitative estimate of drug-likeness (QED) is 0.862. The Morgan fingerprint density at radius 2 is 1.81 bits per heavy atom. The van der Waals surface area contributed by atoms with Crippen LogP contribution in [-0.2, 0) is 16.8 Å². The average Bonchev–Trinajstić information content (AvgIpc) is 3.60. The summed E-state index contributed by atoms with van der Waals surface area (Å²) in [5.41, 5.74) is 0.938. The summed E-state index contributed by atoms with van der Waals surface area (Å²) in [7, 11) is 0. The number of benzene rings is 1. The second-order valence-electron chi connectivity index (χ2n) is 7.90. The molecule has 5 rings (SSSR count). The largest absolute Gasteiger partial charge is 0.381 e. The molecule has 2 heterocycles. The lowest BCUT2D eigenvalue weighted by Gasteiger charge is -2.38. The number of ether oxygens (including phenoxy) is 1. The van der Waals surface area contributed by atoms with E-state index in [9.17, 15) is 4.39 Å². The molecule has 138 valence electrons. The maximum Gasteiger partial charge on any atom is 0.147 e. The first-order valence-electron chi connectivity index (χ1n) is 9.78. The molecular formula is C20H25FN4O. The van der Waals surface area contributed by atoms with Gasteiger partial charge in [0, 0.05) is 30.7 Å². The van der Waals surface area contributed by atoms with E-state index in [1.165, 1.54) is 31.5 Å². The summed E-state index contributed by atoms with van der Waals surface area (Å²) in [4.78, 5) is 0. The van der Waals surface area contributed by atoms with Gasteiger partial charge >= 0.3 is 0 Å². The number of aromatic nitrogens is 3. The molecule has 0 amide bonds. The van der Waals surface area contributed by atoms with Crippen molar-refractivity contribution in [3.8, 4) is 0 Å². The fourth-order valence-electron chi connectivity index (χ4n) is 4.11. The molecule has 0 radical (unpaired) electrons. The molecule has 6 heteroatoms. The Hall–Kier alpha value is -1.79. The zero-order valence-electron chi connectivity index (χ0n) is 15.0. The second-order valence-corrected chi connectivity index (χ2v) is 7.90. The van der Waals surface area contributed by atoms with Crippen LogP contribution in [0.5, 0.6) is 0 Å². The molecular weight excluding hydrogens is 331 g/mol. The fourth-order valence-corrected chi connectivity index (χ4v) is 4.11. The Morgan fingerprint density at radius 1 is 1.08 bits per heavy atom. The van der Waals surface area contributed by atoms with Crippen molar-refractivity contribution < 1.29 is 9.13 Å². The third kappa shape index (κ3) is 3.05. The number of nitrogens with zero attached hydrogens (tertiary/aromatic N) is 3. The molecule has 1 aromatic carbocycles. The first kappa shape index (κ1) is 16.4. The van der Waals surface area contributed by atoms with Crippen LogP contribution in [0, 0.1) is 5.82 Å². The van der Waals surface area contributed by atoms with Crippen LogP contribution in [0.2, 0.25) is 0 Å². The zero-order chi connectivity index (χ0) is 17.6. The fraction of sp³-hybridized carbons (Fsp3) is 0.600. The summed E-state index contributed by atoms with van der Waals surface area (Å²) >= 11 is 0. The third-order valence-corrected chi connectivity index (χ3v) is 5.98. The van der Waals surface area contributed by atoms with Crippen LogP contribution in [0.25, 0.3) is 0 Å². The summed E-state index contributed by atoms with van der Waals surface area (Å²) in [6, 6.07) is 7.48. The van der Waals surface area contributed by atoms with E-state index in [1.54, 1.807) is 12.1 Å². The molecule has 2 aromatic rings. The monoisotopic (exact) mass is 356 g/mol. The van der Waals surface area contributed by atoms with Crippen LogP contribution in [0.1, 0.15) is 67.7 Å². The topological polar surface area (TPSA) is 52.0 Å². The van der Waals surface area contributed by atoms with Gasteiger partial charge in [0.25, 0.3) is 0 Å². The van der Waals surface area contributed by atoms with Crippen molar-refractivity contribution in [3.63, 3.8) is 0 Å². The second kappa shape index (κ2) is 6.43. The Kier molecular flexibility index (Phi) is 4.05. The molecule has 2 aliphatic carbocycles. The Balaban J connectivity index is 1.40. The van der Waals surface area contributed by atoms with Crippen molar-refractivity contribution in [2.24, 2.45) is 0 Å². The molecule has 0 spiro atoms. The highest BCUT2D eigenvalue weighted by Gasteiger charge is 2.38. The minimum absolute atomic E-state index is 0.188. The van der Waals surface area contributed by atoms with Crippen LogP contribution >= 0.6 is 0 Å². The predicted molar refractivity (Wildman–Crippen MR) is 95.2 cm³/mol. The number of hydrogen-bond donors (Lipinski definition) is 1. The van der Waals surface area contributed by atoms with Crippen molar-refractivity contribution in [1.82, 2.24) is 20.1 Å². The maximum absolute atomic E-state index is 13.4. The molecule has 1 aromatic heterocycles. The molecule has 0 bridgehead atoms. The van der Waals surface area contributed by atoms with E-state index < -0.39 is 0 Å². The lowest BCUT2D eigenvalue weighted by Crippen LogP contribution is -2.46. The minimum atomic E-state index is -0.196. The van der Waals surface area contributed by atoms with Crippen LogP contribution in [0.4, 0.5) is 4.39 Å². The van der Waals surface area contributed by atoms with Crippen molar-refractivity contribution in [1.29, 1.82) is 0 Å². The van der Waals surface area contributed by atoms with Gasteiger partial charge in [-0.3, -0.25) is 0 Å². The Labute approximate surface area is 153 Å². The highest BCUT2D eigenvalue weighted by Crippen LogP contribution is 2.44. The highest BCUT2D eigenvalue weighted by atomic mass is 19.1. The Bertz CT molecular complexity index is 774. The number of nitrogens with one attached hydrogen (secondary N) is 1. The molecule has 26 heavy (non-hydrogen) atoms. The van der Waals surface area contributed by atoms with E-state index in [1.807, 2.05) is 12.1 Å². The van der Waals surface area contributed by atoms with Gasteiger partial charge < -0.3 is 14.6 Å². The molecule has 1 aliphatic heterocycles. The number of hydrogen-bond acceptors (Lipinski definition) is 4. The maximum atomic E-state index is 13.4. The van der Waals surface area contributed by atoms with Crippen molar-refractivity contribution in [2.45, 2.75) is 62.6 Å². The molecule has 3 aliphatic rings. The molecule has 2 saturated carbocycles.